The predicted octanol–water partition coefficient (Wildman–Crippen LogP) is 5.07. The number of aromatic nitrogens is 3. The summed E-state index contributed by atoms with van der Waals surface area (Å²) in [4.78, 5) is 23.5. The van der Waals surface area contributed by atoms with Gasteiger partial charge < -0.3 is 5.32 Å². The van der Waals surface area contributed by atoms with Crippen molar-refractivity contribution in [3.8, 4) is 11.3 Å². The zero-order chi connectivity index (χ0) is 31.7. The Bertz CT molecular complexity index is 1600. The summed E-state index contributed by atoms with van der Waals surface area (Å²) in [6, 6.07) is 3.18. The minimum Gasteiger partial charge on any atom is -0.351 e. The van der Waals surface area contributed by atoms with Crippen LogP contribution in [0.3, 0.4) is 0 Å². The van der Waals surface area contributed by atoms with Crippen molar-refractivity contribution in [2.45, 2.75) is 55.6 Å². The number of amides is 1. The molecule has 0 saturated carbocycles. The molecule has 1 aliphatic rings. The maximum Gasteiger partial charge on any atom is 0.451 e. The van der Waals surface area contributed by atoms with Gasteiger partial charge in [0.25, 0.3) is 0 Å². The van der Waals surface area contributed by atoms with Gasteiger partial charge in [0.2, 0.25) is 21.8 Å². The van der Waals surface area contributed by atoms with Crippen LogP contribution in [0.15, 0.2) is 66.5 Å². The summed E-state index contributed by atoms with van der Waals surface area (Å²) in [5.41, 5.74) is -0.446. The molecule has 3 heterocycles. The Labute approximate surface area is 241 Å². The number of hydrogen-bond acceptors (Lipinski definition) is 6. The maximum absolute atomic E-state index is 13.5. The van der Waals surface area contributed by atoms with Crippen LogP contribution >= 0.6 is 0 Å². The minimum atomic E-state index is -4.81. The van der Waals surface area contributed by atoms with E-state index < -0.39 is 70.9 Å². The van der Waals surface area contributed by atoms with Crippen molar-refractivity contribution in [3.63, 3.8) is 0 Å². The SMILES string of the molecule is C=C[C@@H]1C[C@@H](C(=O)NCc2cc(-c3cnc(C(F)(F)F)nc3)ncc2CC(F)(F)F)N(S(=O)(=O)c2ccc(F)cc2)[C@H]1C. The molecule has 3 atom stereocenters. The lowest BCUT2D eigenvalue weighted by molar-refractivity contribution is -0.145. The van der Waals surface area contributed by atoms with Crippen LogP contribution in [-0.2, 0) is 34.0 Å². The number of sulfonamides is 1. The lowest BCUT2D eigenvalue weighted by atomic mass is 10.00. The molecule has 1 aromatic carbocycles. The Hall–Kier alpha value is -3.92. The van der Waals surface area contributed by atoms with Crippen LogP contribution in [0.2, 0.25) is 0 Å². The van der Waals surface area contributed by atoms with E-state index in [-0.39, 0.29) is 33.7 Å². The molecule has 1 saturated heterocycles. The maximum atomic E-state index is 13.5. The van der Waals surface area contributed by atoms with E-state index in [9.17, 15) is 43.9 Å². The van der Waals surface area contributed by atoms with Gasteiger partial charge in [-0.3, -0.25) is 9.78 Å². The fraction of sp³-hybridized carbons (Fsp3) is 0.333. The quantitative estimate of drug-likeness (QED) is 0.275. The van der Waals surface area contributed by atoms with Gasteiger partial charge in [-0.15, -0.1) is 6.58 Å². The number of pyridine rings is 1. The lowest BCUT2D eigenvalue weighted by Gasteiger charge is -2.27. The van der Waals surface area contributed by atoms with Crippen molar-refractivity contribution in [1.29, 1.82) is 0 Å². The van der Waals surface area contributed by atoms with Crippen LogP contribution in [-0.4, -0.2) is 51.8 Å². The van der Waals surface area contributed by atoms with Crippen LogP contribution in [0.4, 0.5) is 30.7 Å². The van der Waals surface area contributed by atoms with Gasteiger partial charge in [-0.25, -0.2) is 22.8 Å². The van der Waals surface area contributed by atoms with Crippen LogP contribution in [0.1, 0.15) is 30.3 Å². The number of halogens is 7. The lowest BCUT2D eigenvalue weighted by Crippen LogP contribution is -2.48. The Kier molecular flexibility index (Phi) is 8.92. The van der Waals surface area contributed by atoms with Gasteiger partial charge in [0, 0.05) is 36.7 Å². The zero-order valence-corrected chi connectivity index (χ0v) is 23.1. The van der Waals surface area contributed by atoms with Crippen molar-refractivity contribution in [2.24, 2.45) is 5.92 Å². The first-order valence-corrected chi connectivity index (χ1v) is 14.1. The fourth-order valence-corrected chi connectivity index (χ4v) is 6.63. The Morgan fingerprint density at radius 3 is 2.23 bits per heavy atom. The summed E-state index contributed by atoms with van der Waals surface area (Å²) in [6.07, 6.45) is -6.84. The second-order valence-corrected chi connectivity index (χ2v) is 11.7. The fourth-order valence-electron chi connectivity index (χ4n) is 4.79. The number of alkyl halides is 6. The molecule has 16 heteroatoms. The molecule has 0 spiro atoms. The molecular formula is C27H24F7N5O3S. The Morgan fingerprint density at radius 1 is 1.05 bits per heavy atom. The number of carbonyl (C=O) groups is 1. The highest BCUT2D eigenvalue weighted by atomic mass is 32.2. The van der Waals surface area contributed by atoms with Crippen molar-refractivity contribution in [3.05, 3.63) is 84.3 Å². The molecule has 1 fully saturated rings. The van der Waals surface area contributed by atoms with Crippen LogP contribution in [0, 0.1) is 11.7 Å². The summed E-state index contributed by atoms with van der Waals surface area (Å²) < 4.78 is 120. The van der Waals surface area contributed by atoms with Crippen molar-refractivity contribution in [2.75, 3.05) is 0 Å². The molecule has 1 amide bonds. The van der Waals surface area contributed by atoms with E-state index in [1.165, 1.54) is 6.08 Å². The summed E-state index contributed by atoms with van der Waals surface area (Å²) in [5, 5.41) is 2.49. The molecule has 0 unspecified atom stereocenters. The first-order valence-electron chi connectivity index (χ1n) is 12.6. The number of carbonyl (C=O) groups excluding carboxylic acids is 1. The van der Waals surface area contributed by atoms with Crippen LogP contribution in [0.5, 0.6) is 0 Å². The minimum absolute atomic E-state index is 0.0193. The smallest absolute Gasteiger partial charge is 0.351 e. The Balaban J connectivity index is 1.63. The van der Waals surface area contributed by atoms with Gasteiger partial charge in [0.05, 0.1) is 17.0 Å². The van der Waals surface area contributed by atoms with E-state index in [1.807, 2.05) is 0 Å². The molecule has 8 nitrogen and oxygen atoms in total. The summed E-state index contributed by atoms with van der Waals surface area (Å²) >= 11 is 0. The molecule has 3 aromatic rings. The largest absolute Gasteiger partial charge is 0.451 e. The standard InChI is InChI=1S/C27H24F7N5O3S/c1-3-16-9-23(39(15(16)2)43(41,42)21-6-4-20(28)5-7-21)24(40)36-11-17-8-22(35-12-18(17)10-26(29,30)31)19-13-37-25(38-14-19)27(32,33)34/h3-8,12-16,23H,1,9-11H2,2H3,(H,36,40)/t15-,16+,23-/m0/s1. The average molecular weight is 632 g/mol. The molecule has 43 heavy (non-hydrogen) atoms. The Morgan fingerprint density at radius 2 is 1.67 bits per heavy atom. The molecule has 230 valence electrons. The summed E-state index contributed by atoms with van der Waals surface area (Å²) in [7, 11) is -4.31. The number of hydrogen-bond donors (Lipinski definition) is 1. The molecule has 2 aromatic heterocycles. The van der Waals surface area contributed by atoms with E-state index in [4.69, 9.17) is 0 Å². The second-order valence-electron chi connectivity index (χ2n) is 9.82. The van der Waals surface area contributed by atoms with Crippen molar-refractivity contribution < 1.29 is 43.9 Å². The van der Waals surface area contributed by atoms with Gasteiger partial charge in [0.1, 0.15) is 11.9 Å². The topological polar surface area (TPSA) is 105 Å². The van der Waals surface area contributed by atoms with Gasteiger partial charge in [0.15, 0.2) is 0 Å². The molecule has 4 rings (SSSR count). The third-order valence-electron chi connectivity index (χ3n) is 6.95. The highest BCUT2D eigenvalue weighted by Gasteiger charge is 2.47. The number of nitrogens with zero attached hydrogens (tertiary/aromatic N) is 4. The molecule has 0 bridgehead atoms. The van der Waals surface area contributed by atoms with E-state index in [1.54, 1.807) is 6.92 Å². The number of nitrogens with one attached hydrogen (secondary N) is 1. The van der Waals surface area contributed by atoms with Crippen LogP contribution < -0.4 is 5.32 Å². The molecule has 1 N–H and O–H groups in total. The first kappa shape index (κ1) is 32.0. The van der Waals surface area contributed by atoms with E-state index in [0.717, 1.165) is 53.2 Å². The average Bonchev–Trinajstić information content (AvgIpc) is 3.28. The van der Waals surface area contributed by atoms with Gasteiger partial charge in [-0.1, -0.05) is 6.08 Å². The molecule has 0 radical (unpaired) electrons. The van der Waals surface area contributed by atoms with E-state index >= 15 is 0 Å². The molecule has 1 aliphatic heterocycles. The third-order valence-corrected chi connectivity index (χ3v) is 8.96. The van der Waals surface area contributed by atoms with E-state index in [0.29, 0.717) is 0 Å². The monoisotopic (exact) mass is 631 g/mol. The van der Waals surface area contributed by atoms with Gasteiger partial charge in [-0.05, 0) is 60.7 Å². The highest BCUT2D eigenvalue weighted by molar-refractivity contribution is 7.89. The number of benzene rings is 1. The van der Waals surface area contributed by atoms with Crippen molar-refractivity contribution >= 4 is 15.9 Å². The number of rotatable bonds is 8. The van der Waals surface area contributed by atoms with Gasteiger partial charge in [-0.2, -0.15) is 30.6 Å². The zero-order valence-electron chi connectivity index (χ0n) is 22.3. The van der Waals surface area contributed by atoms with Gasteiger partial charge >= 0.3 is 12.4 Å². The third kappa shape index (κ3) is 7.18. The summed E-state index contributed by atoms with van der Waals surface area (Å²) in [5.74, 6) is -3.34. The predicted molar refractivity (Wildman–Crippen MR) is 139 cm³/mol. The molecular weight excluding hydrogens is 607 g/mol. The summed E-state index contributed by atoms with van der Waals surface area (Å²) in [6.45, 7) is 4.78. The second kappa shape index (κ2) is 12.0. The highest BCUT2D eigenvalue weighted by Crippen LogP contribution is 2.36. The first-order chi connectivity index (χ1) is 20.0. The van der Waals surface area contributed by atoms with Crippen molar-refractivity contribution in [1.82, 2.24) is 24.6 Å². The normalized spacial score (nSPS) is 19.8. The van der Waals surface area contributed by atoms with E-state index in [2.05, 4.69) is 26.8 Å². The molecule has 0 aliphatic carbocycles. The van der Waals surface area contributed by atoms with Crippen LogP contribution in [0.25, 0.3) is 11.3 Å².